The fourth-order valence-electron chi connectivity index (χ4n) is 2.45. The lowest BCUT2D eigenvalue weighted by molar-refractivity contribution is 0.102. The Hall–Kier alpha value is -2.34. The molecule has 5 nitrogen and oxygen atoms in total. The second-order valence-corrected chi connectivity index (χ2v) is 6.43. The maximum Gasteiger partial charge on any atom is 0.273 e. The number of aryl methyl sites for hydroxylation is 1. The van der Waals surface area contributed by atoms with Crippen molar-refractivity contribution in [1.29, 1.82) is 0 Å². The number of hydrogen-bond acceptors (Lipinski definition) is 3. The Balaban J connectivity index is 1.95. The molecule has 6 heteroatoms. The Kier molecular flexibility index (Phi) is 3.85. The monoisotopic (exact) mass is 373 g/mol. The zero-order valence-corrected chi connectivity index (χ0v) is 14.6. The minimum absolute atomic E-state index is 0.163. The summed E-state index contributed by atoms with van der Waals surface area (Å²) in [5, 5.41) is 13.7. The third-order valence-electron chi connectivity index (χ3n) is 3.96. The molecule has 1 amide bonds. The van der Waals surface area contributed by atoms with Crippen LogP contribution in [0.5, 0.6) is 5.75 Å². The first kappa shape index (κ1) is 15.6. The Bertz CT molecular complexity index is 931. The Morgan fingerprint density at radius 1 is 1.22 bits per heavy atom. The van der Waals surface area contributed by atoms with E-state index >= 15 is 0 Å². The number of aromatic nitrogens is 2. The van der Waals surface area contributed by atoms with Crippen LogP contribution in [0.15, 0.2) is 28.7 Å². The fourth-order valence-corrected chi connectivity index (χ4v) is 2.81. The molecule has 0 saturated carbocycles. The molecular weight excluding hydrogens is 358 g/mol. The van der Waals surface area contributed by atoms with Gasteiger partial charge in [-0.15, -0.1) is 0 Å². The van der Waals surface area contributed by atoms with Gasteiger partial charge in [-0.3, -0.25) is 4.79 Å². The molecule has 2 heterocycles. The SMILES string of the molecule is Cc1nc(NC(=O)c2cc3ccc(Br)cc3[nH]2)c(C)c(C)c1O. The van der Waals surface area contributed by atoms with Crippen molar-refractivity contribution in [3.05, 3.63) is 51.3 Å². The molecule has 3 N–H and O–H groups in total. The first-order chi connectivity index (χ1) is 10.9. The molecule has 0 fully saturated rings. The smallest absolute Gasteiger partial charge is 0.273 e. The summed E-state index contributed by atoms with van der Waals surface area (Å²) in [4.78, 5) is 19.8. The summed E-state index contributed by atoms with van der Waals surface area (Å²) in [7, 11) is 0. The highest BCUT2D eigenvalue weighted by Crippen LogP contribution is 2.28. The van der Waals surface area contributed by atoms with Crippen LogP contribution >= 0.6 is 15.9 Å². The van der Waals surface area contributed by atoms with E-state index in [-0.39, 0.29) is 11.7 Å². The molecule has 0 unspecified atom stereocenters. The van der Waals surface area contributed by atoms with Gasteiger partial charge in [0.1, 0.15) is 17.3 Å². The molecule has 0 aliphatic rings. The van der Waals surface area contributed by atoms with Gasteiger partial charge in [-0.05, 0) is 50.1 Å². The van der Waals surface area contributed by atoms with Crippen LogP contribution in [-0.2, 0) is 0 Å². The van der Waals surface area contributed by atoms with Crippen molar-refractivity contribution in [3.63, 3.8) is 0 Å². The number of benzene rings is 1. The van der Waals surface area contributed by atoms with E-state index in [2.05, 4.69) is 31.2 Å². The molecule has 3 rings (SSSR count). The number of nitrogens with zero attached hydrogens (tertiary/aromatic N) is 1. The van der Waals surface area contributed by atoms with Crippen molar-refractivity contribution in [3.8, 4) is 5.75 Å². The van der Waals surface area contributed by atoms with Crippen LogP contribution in [0.3, 0.4) is 0 Å². The van der Waals surface area contributed by atoms with Crippen molar-refractivity contribution >= 4 is 38.6 Å². The number of aromatic amines is 1. The van der Waals surface area contributed by atoms with E-state index in [0.717, 1.165) is 20.9 Å². The fraction of sp³-hybridized carbons (Fsp3) is 0.176. The maximum atomic E-state index is 12.5. The number of H-pyrrole nitrogens is 1. The van der Waals surface area contributed by atoms with Gasteiger partial charge in [0.15, 0.2) is 0 Å². The predicted octanol–water partition coefficient (Wildman–Crippen LogP) is 4.21. The van der Waals surface area contributed by atoms with E-state index in [1.54, 1.807) is 19.9 Å². The number of amides is 1. The van der Waals surface area contributed by atoms with Crippen LogP contribution < -0.4 is 5.32 Å². The van der Waals surface area contributed by atoms with Gasteiger partial charge in [0.2, 0.25) is 0 Å². The number of rotatable bonds is 2. The van der Waals surface area contributed by atoms with Crippen LogP contribution in [-0.4, -0.2) is 21.0 Å². The molecule has 1 aromatic carbocycles. The van der Waals surface area contributed by atoms with E-state index in [4.69, 9.17) is 0 Å². The van der Waals surface area contributed by atoms with E-state index in [9.17, 15) is 9.90 Å². The largest absolute Gasteiger partial charge is 0.506 e. The molecule has 0 bridgehead atoms. The molecule has 23 heavy (non-hydrogen) atoms. The number of pyridine rings is 1. The minimum atomic E-state index is -0.266. The van der Waals surface area contributed by atoms with Crippen molar-refractivity contribution in [2.24, 2.45) is 0 Å². The summed E-state index contributed by atoms with van der Waals surface area (Å²) in [5.74, 6) is 0.357. The van der Waals surface area contributed by atoms with Crippen LogP contribution in [0.1, 0.15) is 27.3 Å². The quantitative estimate of drug-likeness (QED) is 0.629. The van der Waals surface area contributed by atoms with Crippen molar-refractivity contribution in [2.75, 3.05) is 5.32 Å². The van der Waals surface area contributed by atoms with Crippen LogP contribution in [0.25, 0.3) is 10.9 Å². The Morgan fingerprint density at radius 2 is 1.96 bits per heavy atom. The lowest BCUT2D eigenvalue weighted by Crippen LogP contribution is -2.15. The van der Waals surface area contributed by atoms with Crippen molar-refractivity contribution < 1.29 is 9.90 Å². The maximum absolute atomic E-state index is 12.5. The van der Waals surface area contributed by atoms with Gasteiger partial charge in [-0.25, -0.2) is 4.98 Å². The summed E-state index contributed by atoms with van der Waals surface area (Å²) in [6.07, 6.45) is 0. The summed E-state index contributed by atoms with van der Waals surface area (Å²) >= 11 is 3.41. The Morgan fingerprint density at radius 3 is 2.70 bits per heavy atom. The van der Waals surface area contributed by atoms with Gasteiger partial charge in [0, 0.05) is 15.4 Å². The predicted molar refractivity (Wildman–Crippen MR) is 94.1 cm³/mol. The van der Waals surface area contributed by atoms with E-state index < -0.39 is 0 Å². The number of aromatic hydroxyl groups is 1. The van der Waals surface area contributed by atoms with Gasteiger partial charge in [-0.2, -0.15) is 0 Å². The van der Waals surface area contributed by atoms with Gasteiger partial charge in [0.25, 0.3) is 5.91 Å². The molecule has 2 aromatic heterocycles. The standard InChI is InChI=1S/C17H16BrN3O2/c1-8-9(2)16(19-10(3)15(8)22)21-17(23)14-6-11-4-5-12(18)7-13(11)20-14/h4-7,20,22H,1-3H3,(H,19,21,23). The zero-order chi connectivity index (χ0) is 16.7. The first-order valence-corrected chi connectivity index (χ1v) is 7.92. The van der Waals surface area contributed by atoms with Gasteiger partial charge in [-0.1, -0.05) is 22.0 Å². The summed E-state index contributed by atoms with van der Waals surface area (Å²) in [6, 6.07) is 7.58. The summed E-state index contributed by atoms with van der Waals surface area (Å²) in [6.45, 7) is 5.33. The lowest BCUT2D eigenvalue weighted by atomic mass is 10.1. The highest BCUT2D eigenvalue weighted by Gasteiger charge is 2.15. The number of hydrogen-bond donors (Lipinski definition) is 3. The Labute approximate surface area is 141 Å². The number of anilines is 1. The van der Waals surface area contributed by atoms with Gasteiger partial charge < -0.3 is 15.4 Å². The molecule has 118 valence electrons. The average Bonchev–Trinajstić information content (AvgIpc) is 2.93. The molecular formula is C17H16BrN3O2. The summed E-state index contributed by atoms with van der Waals surface area (Å²) < 4.78 is 0.945. The molecule has 0 aliphatic heterocycles. The van der Waals surface area contributed by atoms with Gasteiger partial charge in [0.05, 0.1) is 5.69 Å². The van der Waals surface area contributed by atoms with E-state index in [0.29, 0.717) is 22.8 Å². The van der Waals surface area contributed by atoms with Gasteiger partial charge >= 0.3 is 0 Å². The number of carbonyl (C=O) groups is 1. The molecule has 0 aliphatic carbocycles. The number of nitrogens with one attached hydrogen (secondary N) is 2. The normalized spacial score (nSPS) is 11.0. The second kappa shape index (κ2) is 5.70. The molecule has 3 aromatic rings. The third kappa shape index (κ3) is 2.82. The average molecular weight is 374 g/mol. The topological polar surface area (TPSA) is 78.0 Å². The molecule has 0 atom stereocenters. The first-order valence-electron chi connectivity index (χ1n) is 7.13. The van der Waals surface area contributed by atoms with E-state index in [1.807, 2.05) is 25.1 Å². The van der Waals surface area contributed by atoms with Crippen molar-refractivity contribution in [1.82, 2.24) is 9.97 Å². The highest BCUT2D eigenvalue weighted by atomic mass is 79.9. The van der Waals surface area contributed by atoms with Crippen molar-refractivity contribution in [2.45, 2.75) is 20.8 Å². The third-order valence-corrected chi connectivity index (χ3v) is 4.45. The number of halogens is 1. The highest BCUT2D eigenvalue weighted by molar-refractivity contribution is 9.10. The lowest BCUT2D eigenvalue weighted by Gasteiger charge is -2.12. The summed E-state index contributed by atoms with van der Waals surface area (Å²) in [5.41, 5.74) is 3.30. The van der Waals surface area contributed by atoms with E-state index in [1.165, 1.54) is 0 Å². The minimum Gasteiger partial charge on any atom is -0.506 e. The molecule has 0 radical (unpaired) electrons. The van der Waals surface area contributed by atoms with Crippen LogP contribution in [0.4, 0.5) is 5.82 Å². The second-order valence-electron chi connectivity index (χ2n) is 5.51. The number of fused-ring (bicyclic) bond motifs is 1. The number of carbonyl (C=O) groups excluding carboxylic acids is 1. The van der Waals surface area contributed by atoms with Crippen LogP contribution in [0.2, 0.25) is 0 Å². The molecule has 0 spiro atoms. The molecule has 0 saturated heterocycles. The zero-order valence-electron chi connectivity index (χ0n) is 13.0. The van der Waals surface area contributed by atoms with Crippen LogP contribution in [0, 0.1) is 20.8 Å².